The second-order valence-corrected chi connectivity index (χ2v) is 7.49. The van der Waals surface area contributed by atoms with Crippen molar-refractivity contribution in [2.45, 2.75) is 57.8 Å². The van der Waals surface area contributed by atoms with E-state index in [2.05, 4.69) is 5.32 Å². The third kappa shape index (κ3) is 6.08. The van der Waals surface area contributed by atoms with Gasteiger partial charge in [-0.1, -0.05) is 43.2 Å². The van der Waals surface area contributed by atoms with Gasteiger partial charge in [0, 0.05) is 19.6 Å². The van der Waals surface area contributed by atoms with E-state index < -0.39 is 0 Å². The van der Waals surface area contributed by atoms with Crippen LogP contribution in [0.4, 0.5) is 0 Å². The zero-order valence-electron chi connectivity index (χ0n) is 15.9. The molecule has 2 atom stereocenters. The summed E-state index contributed by atoms with van der Waals surface area (Å²) in [6.45, 7) is 1.20. The molecule has 0 spiro atoms. The molecule has 5 heteroatoms. The number of hydrogen-bond donors (Lipinski definition) is 2. The first-order chi connectivity index (χ1) is 13.3. The van der Waals surface area contributed by atoms with Crippen molar-refractivity contribution in [3.8, 4) is 0 Å². The van der Waals surface area contributed by atoms with Gasteiger partial charge in [0.1, 0.15) is 0 Å². The van der Waals surface area contributed by atoms with E-state index in [-0.39, 0.29) is 18.8 Å². The Kier molecular flexibility index (Phi) is 7.72. The summed E-state index contributed by atoms with van der Waals surface area (Å²) < 4.78 is 11.7. The van der Waals surface area contributed by atoms with Gasteiger partial charge < -0.3 is 19.9 Å². The quantitative estimate of drug-likeness (QED) is 0.650. The summed E-state index contributed by atoms with van der Waals surface area (Å²) in [7, 11) is 0. The fraction of sp³-hybridized carbons (Fsp3) is 0.591. The SMILES string of the molecule is O=C(NCc1ccccc1)C1=C[C@@H](C2CCCC2)C[C@@H](OCCCCO)O1. The normalized spacial score (nSPS) is 22.9. The van der Waals surface area contributed by atoms with Crippen LogP contribution in [0.1, 0.15) is 50.5 Å². The molecule has 0 unspecified atom stereocenters. The lowest BCUT2D eigenvalue weighted by molar-refractivity contribution is -0.151. The van der Waals surface area contributed by atoms with E-state index in [0.29, 0.717) is 30.7 Å². The molecule has 1 fully saturated rings. The number of carbonyl (C=O) groups excluding carboxylic acids is 1. The van der Waals surface area contributed by atoms with Crippen LogP contribution in [0.2, 0.25) is 0 Å². The highest BCUT2D eigenvalue weighted by Crippen LogP contribution is 2.38. The molecule has 1 aliphatic carbocycles. The van der Waals surface area contributed by atoms with Gasteiger partial charge in [0.2, 0.25) is 6.29 Å². The molecule has 2 N–H and O–H groups in total. The fourth-order valence-corrected chi connectivity index (χ4v) is 3.95. The number of unbranched alkanes of at least 4 members (excludes halogenated alkanes) is 1. The van der Waals surface area contributed by atoms with Crippen molar-refractivity contribution in [2.24, 2.45) is 11.8 Å². The second-order valence-electron chi connectivity index (χ2n) is 7.49. The van der Waals surface area contributed by atoms with Crippen molar-refractivity contribution < 1.29 is 19.4 Å². The van der Waals surface area contributed by atoms with E-state index in [9.17, 15) is 4.79 Å². The standard InChI is InChI=1S/C22H31NO4/c24-12-6-7-13-26-21-15-19(18-10-4-5-11-18)14-20(27-21)22(25)23-16-17-8-2-1-3-9-17/h1-3,8-9,14,18-19,21,24H,4-7,10-13,15-16H2,(H,23,25)/t19-,21+/m1/s1. The van der Waals surface area contributed by atoms with Crippen molar-refractivity contribution in [3.63, 3.8) is 0 Å². The zero-order valence-corrected chi connectivity index (χ0v) is 15.9. The largest absolute Gasteiger partial charge is 0.459 e. The molecule has 1 amide bonds. The van der Waals surface area contributed by atoms with Gasteiger partial charge in [-0.3, -0.25) is 4.79 Å². The first-order valence-electron chi connectivity index (χ1n) is 10.2. The van der Waals surface area contributed by atoms with E-state index in [1.807, 2.05) is 36.4 Å². The lowest BCUT2D eigenvalue weighted by Gasteiger charge is -2.32. The van der Waals surface area contributed by atoms with Crippen LogP contribution in [0.15, 0.2) is 42.2 Å². The van der Waals surface area contributed by atoms with Gasteiger partial charge in [-0.15, -0.1) is 0 Å². The summed E-state index contributed by atoms with van der Waals surface area (Å²) in [5.74, 6) is 1.17. The number of amides is 1. The molecule has 5 nitrogen and oxygen atoms in total. The number of nitrogens with one attached hydrogen (secondary N) is 1. The Morgan fingerprint density at radius 1 is 1.19 bits per heavy atom. The van der Waals surface area contributed by atoms with Crippen molar-refractivity contribution in [3.05, 3.63) is 47.7 Å². The predicted molar refractivity (Wildman–Crippen MR) is 104 cm³/mol. The Morgan fingerprint density at radius 2 is 1.96 bits per heavy atom. The maximum atomic E-state index is 12.7. The number of aliphatic hydroxyl groups is 1. The monoisotopic (exact) mass is 373 g/mol. The Hall–Kier alpha value is -1.85. The van der Waals surface area contributed by atoms with Crippen molar-refractivity contribution >= 4 is 5.91 Å². The fourth-order valence-electron chi connectivity index (χ4n) is 3.95. The Balaban J connectivity index is 1.59. The van der Waals surface area contributed by atoms with Crippen LogP contribution in [0.5, 0.6) is 0 Å². The summed E-state index contributed by atoms with van der Waals surface area (Å²) in [6.07, 6.45) is 8.94. The minimum absolute atomic E-state index is 0.173. The van der Waals surface area contributed by atoms with Crippen LogP contribution in [0.3, 0.4) is 0 Å². The lowest BCUT2D eigenvalue weighted by Crippen LogP contribution is -2.34. The van der Waals surface area contributed by atoms with Gasteiger partial charge in [-0.2, -0.15) is 0 Å². The smallest absolute Gasteiger partial charge is 0.286 e. The van der Waals surface area contributed by atoms with Gasteiger partial charge in [0.05, 0.1) is 6.61 Å². The van der Waals surface area contributed by atoms with E-state index in [4.69, 9.17) is 14.6 Å². The number of benzene rings is 1. The highest BCUT2D eigenvalue weighted by Gasteiger charge is 2.33. The highest BCUT2D eigenvalue weighted by atomic mass is 16.7. The molecule has 1 aromatic carbocycles. The Labute approximate surface area is 161 Å². The maximum Gasteiger partial charge on any atom is 0.286 e. The summed E-state index contributed by atoms with van der Waals surface area (Å²) in [6, 6.07) is 9.87. The third-order valence-corrected chi connectivity index (χ3v) is 5.47. The minimum atomic E-state index is -0.378. The molecule has 0 bridgehead atoms. The van der Waals surface area contributed by atoms with Crippen molar-refractivity contribution in [1.82, 2.24) is 5.32 Å². The van der Waals surface area contributed by atoms with E-state index >= 15 is 0 Å². The topological polar surface area (TPSA) is 67.8 Å². The Bertz CT molecular complexity index is 610. The molecular formula is C22H31NO4. The van der Waals surface area contributed by atoms with E-state index in [0.717, 1.165) is 24.8 Å². The first kappa shape index (κ1) is 19.9. The number of allylic oxidation sites excluding steroid dienone is 1. The molecule has 1 saturated carbocycles. The number of rotatable bonds is 9. The van der Waals surface area contributed by atoms with E-state index in [1.165, 1.54) is 25.7 Å². The average Bonchev–Trinajstić information content (AvgIpc) is 3.25. The highest BCUT2D eigenvalue weighted by molar-refractivity contribution is 5.91. The molecular weight excluding hydrogens is 342 g/mol. The number of carbonyl (C=O) groups is 1. The molecule has 148 valence electrons. The van der Waals surface area contributed by atoms with Gasteiger partial charge >= 0.3 is 0 Å². The summed E-state index contributed by atoms with van der Waals surface area (Å²) in [5.41, 5.74) is 1.06. The molecule has 0 saturated heterocycles. The molecule has 3 rings (SSSR count). The van der Waals surface area contributed by atoms with Crippen LogP contribution >= 0.6 is 0 Å². The molecule has 1 aliphatic heterocycles. The molecule has 0 radical (unpaired) electrons. The number of ether oxygens (including phenoxy) is 2. The average molecular weight is 373 g/mol. The van der Waals surface area contributed by atoms with Crippen LogP contribution in [-0.2, 0) is 20.8 Å². The molecule has 2 aliphatic rings. The van der Waals surface area contributed by atoms with Crippen LogP contribution < -0.4 is 5.32 Å². The van der Waals surface area contributed by atoms with Gasteiger partial charge in [0.15, 0.2) is 5.76 Å². The van der Waals surface area contributed by atoms with Crippen LogP contribution in [-0.4, -0.2) is 30.5 Å². The zero-order chi connectivity index (χ0) is 18.9. The Morgan fingerprint density at radius 3 is 2.70 bits per heavy atom. The number of hydrogen-bond acceptors (Lipinski definition) is 4. The van der Waals surface area contributed by atoms with Gasteiger partial charge in [-0.05, 0) is 49.2 Å². The lowest BCUT2D eigenvalue weighted by atomic mass is 9.86. The third-order valence-electron chi connectivity index (χ3n) is 5.47. The summed E-state index contributed by atoms with van der Waals surface area (Å²) in [5, 5.41) is 11.9. The van der Waals surface area contributed by atoms with E-state index in [1.54, 1.807) is 0 Å². The van der Waals surface area contributed by atoms with Crippen molar-refractivity contribution in [2.75, 3.05) is 13.2 Å². The maximum absolute atomic E-state index is 12.7. The number of aliphatic hydroxyl groups excluding tert-OH is 1. The summed E-state index contributed by atoms with van der Waals surface area (Å²) >= 11 is 0. The summed E-state index contributed by atoms with van der Waals surface area (Å²) in [4.78, 5) is 12.7. The molecule has 1 aromatic rings. The second kappa shape index (κ2) is 10.5. The van der Waals surface area contributed by atoms with Gasteiger partial charge in [0.25, 0.3) is 5.91 Å². The molecule has 1 heterocycles. The molecule has 0 aromatic heterocycles. The first-order valence-corrected chi connectivity index (χ1v) is 10.2. The molecule has 27 heavy (non-hydrogen) atoms. The minimum Gasteiger partial charge on any atom is -0.459 e. The van der Waals surface area contributed by atoms with Crippen molar-refractivity contribution in [1.29, 1.82) is 0 Å². The van der Waals surface area contributed by atoms with Gasteiger partial charge in [-0.25, -0.2) is 0 Å². The van der Waals surface area contributed by atoms with Crippen LogP contribution in [0.25, 0.3) is 0 Å². The predicted octanol–water partition coefficient (Wildman–Crippen LogP) is 3.53. The van der Waals surface area contributed by atoms with Crippen LogP contribution in [0, 0.1) is 11.8 Å².